The molecule has 84 valence electrons. The first kappa shape index (κ1) is 10.9. The van der Waals surface area contributed by atoms with Crippen molar-refractivity contribution < 1.29 is 0 Å². The van der Waals surface area contributed by atoms with Gasteiger partial charge in [-0.2, -0.15) is 0 Å². The number of fused-ring (bicyclic) bond motifs is 1. The zero-order valence-corrected chi connectivity index (χ0v) is 10.6. The summed E-state index contributed by atoms with van der Waals surface area (Å²) in [5, 5.41) is 0. The Balaban J connectivity index is 2.72. The van der Waals surface area contributed by atoms with Crippen molar-refractivity contribution in [3.8, 4) is 0 Å². The minimum absolute atomic E-state index is 1.05. The highest BCUT2D eigenvalue weighted by Gasteiger charge is 2.20. The number of benzene rings is 1. The molecule has 0 amide bonds. The highest BCUT2D eigenvalue weighted by molar-refractivity contribution is 5.97. The third kappa shape index (κ3) is 1.64. The van der Waals surface area contributed by atoms with Crippen LogP contribution in [0.25, 0.3) is 5.70 Å². The number of amidine groups is 1. The SMILES string of the molecule is CC1=Nc2cc(C)ccc2C(=C(C)C)N1C. The number of allylic oxidation sites excluding steroid dienone is 1. The maximum atomic E-state index is 4.63. The van der Waals surface area contributed by atoms with Crippen LogP contribution >= 0.6 is 0 Å². The van der Waals surface area contributed by atoms with Crippen LogP contribution in [0.2, 0.25) is 0 Å². The average Bonchev–Trinajstić information content (AvgIpc) is 2.19. The summed E-state index contributed by atoms with van der Waals surface area (Å²) in [5.41, 5.74) is 6.18. The van der Waals surface area contributed by atoms with E-state index in [0.717, 1.165) is 11.5 Å². The molecule has 0 unspecified atom stereocenters. The molecule has 1 aliphatic heterocycles. The topological polar surface area (TPSA) is 15.6 Å². The molecular weight excluding hydrogens is 196 g/mol. The number of hydrogen-bond acceptors (Lipinski definition) is 2. The molecule has 0 saturated heterocycles. The summed E-state index contributed by atoms with van der Waals surface area (Å²) in [4.78, 5) is 6.79. The molecular formula is C14H18N2. The van der Waals surface area contributed by atoms with Gasteiger partial charge >= 0.3 is 0 Å². The largest absolute Gasteiger partial charge is 0.333 e. The number of nitrogens with zero attached hydrogens (tertiary/aromatic N) is 2. The van der Waals surface area contributed by atoms with E-state index in [0.29, 0.717) is 0 Å². The van der Waals surface area contributed by atoms with Gasteiger partial charge in [0.05, 0.1) is 5.69 Å². The van der Waals surface area contributed by atoms with Crippen LogP contribution in [0.15, 0.2) is 28.8 Å². The minimum Gasteiger partial charge on any atom is -0.333 e. The monoisotopic (exact) mass is 214 g/mol. The molecule has 0 atom stereocenters. The number of hydrogen-bond donors (Lipinski definition) is 0. The number of aryl methyl sites for hydroxylation is 1. The Morgan fingerprint density at radius 1 is 1.19 bits per heavy atom. The highest BCUT2D eigenvalue weighted by Crippen LogP contribution is 2.35. The van der Waals surface area contributed by atoms with Gasteiger partial charge in [0, 0.05) is 18.3 Å². The molecule has 0 radical (unpaired) electrons. The first-order chi connectivity index (χ1) is 7.50. The lowest BCUT2D eigenvalue weighted by Crippen LogP contribution is -2.26. The van der Waals surface area contributed by atoms with E-state index in [-0.39, 0.29) is 0 Å². The van der Waals surface area contributed by atoms with E-state index in [1.54, 1.807) is 0 Å². The molecule has 1 aromatic rings. The molecule has 0 saturated carbocycles. The molecule has 0 aromatic heterocycles. The molecule has 1 heterocycles. The van der Waals surface area contributed by atoms with Gasteiger partial charge in [-0.15, -0.1) is 0 Å². The van der Waals surface area contributed by atoms with Gasteiger partial charge in [-0.3, -0.25) is 0 Å². The van der Waals surface area contributed by atoms with Gasteiger partial charge in [-0.25, -0.2) is 4.99 Å². The second kappa shape index (κ2) is 3.78. The van der Waals surface area contributed by atoms with E-state index < -0.39 is 0 Å². The van der Waals surface area contributed by atoms with Crippen LogP contribution in [-0.2, 0) is 0 Å². The van der Waals surface area contributed by atoms with Gasteiger partial charge in [0.15, 0.2) is 0 Å². The zero-order valence-electron chi connectivity index (χ0n) is 10.6. The third-order valence-corrected chi connectivity index (χ3v) is 2.99. The Hall–Kier alpha value is -1.57. The van der Waals surface area contributed by atoms with E-state index in [9.17, 15) is 0 Å². The van der Waals surface area contributed by atoms with Crippen LogP contribution < -0.4 is 0 Å². The van der Waals surface area contributed by atoms with E-state index in [1.165, 1.54) is 22.4 Å². The molecule has 2 nitrogen and oxygen atoms in total. The van der Waals surface area contributed by atoms with Crippen molar-refractivity contribution >= 4 is 17.2 Å². The summed E-state index contributed by atoms with van der Waals surface area (Å²) >= 11 is 0. The van der Waals surface area contributed by atoms with Gasteiger partial charge < -0.3 is 4.90 Å². The van der Waals surface area contributed by atoms with Crippen LogP contribution in [0.3, 0.4) is 0 Å². The van der Waals surface area contributed by atoms with E-state index >= 15 is 0 Å². The Morgan fingerprint density at radius 3 is 2.50 bits per heavy atom. The quantitative estimate of drug-likeness (QED) is 0.642. The van der Waals surface area contributed by atoms with Crippen molar-refractivity contribution in [1.82, 2.24) is 4.90 Å². The summed E-state index contributed by atoms with van der Waals surface area (Å²) in [6, 6.07) is 6.46. The highest BCUT2D eigenvalue weighted by atomic mass is 15.2. The minimum atomic E-state index is 1.05. The maximum Gasteiger partial charge on any atom is 0.106 e. The fourth-order valence-electron chi connectivity index (χ4n) is 2.13. The van der Waals surface area contributed by atoms with Gasteiger partial charge in [0.25, 0.3) is 0 Å². The van der Waals surface area contributed by atoms with Crippen molar-refractivity contribution in [2.75, 3.05) is 7.05 Å². The first-order valence-electron chi connectivity index (χ1n) is 5.58. The molecule has 0 bridgehead atoms. The molecule has 0 fully saturated rings. The smallest absolute Gasteiger partial charge is 0.106 e. The third-order valence-electron chi connectivity index (χ3n) is 2.99. The molecule has 16 heavy (non-hydrogen) atoms. The summed E-state index contributed by atoms with van der Waals surface area (Å²) in [6.07, 6.45) is 0. The van der Waals surface area contributed by atoms with E-state index in [1.807, 2.05) is 6.92 Å². The predicted octanol–water partition coefficient (Wildman–Crippen LogP) is 3.74. The van der Waals surface area contributed by atoms with Crippen molar-refractivity contribution in [3.05, 3.63) is 34.9 Å². The number of aliphatic imine (C=N–C) groups is 1. The summed E-state index contributed by atoms with van der Waals surface area (Å²) in [6.45, 7) is 8.45. The fourth-order valence-corrected chi connectivity index (χ4v) is 2.13. The lowest BCUT2D eigenvalue weighted by molar-refractivity contribution is 0.698. The molecule has 0 N–H and O–H groups in total. The second-order valence-corrected chi connectivity index (χ2v) is 4.59. The zero-order chi connectivity index (χ0) is 11.9. The van der Waals surface area contributed by atoms with Crippen LogP contribution in [0.5, 0.6) is 0 Å². The molecule has 0 aliphatic carbocycles. The van der Waals surface area contributed by atoms with Crippen molar-refractivity contribution in [2.24, 2.45) is 4.99 Å². The summed E-state index contributed by atoms with van der Waals surface area (Å²) < 4.78 is 0. The second-order valence-electron chi connectivity index (χ2n) is 4.59. The standard InChI is InChI=1S/C14H18N2/c1-9(2)14-12-7-6-10(3)8-13(12)15-11(4)16(14)5/h6-8H,1-5H3. The first-order valence-corrected chi connectivity index (χ1v) is 5.58. The molecule has 2 rings (SSSR count). The fraction of sp³-hybridized carbons (Fsp3) is 0.357. The lowest BCUT2D eigenvalue weighted by Gasteiger charge is -2.29. The Bertz CT molecular complexity index is 491. The van der Waals surface area contributed by atoms with E-state index in [4.69, 9.17) is 0 Å². The lowest BCUT2D eigenvalue weighted by atomic mass is 10.0. The van der Waals surface area contributed by atoms with Crippen LogP contribution in [0, 0.1) is 6.92 Å². The summed E-state index contributed by atoms with van der Waals surface area (Å²) in [5.74, 6) is 1.05. The van der Waals surface area contributed by atoms with Gasteiger partial charge in [-0.1, -0.05) is 17.7 Å². The van der Waals surface area contributed by atoms with E-state index in [2.05, 4.69) is 55.9 Å². The normalized spacial score (nSPS) is 14.7. The molecule has 1 aliphatic rings. The van der Waals surface area contributed by atoms with Gasteiger partial charge in [-0.05, 0) is 39.3 Å². The predicted molar refractivity (Wildman–Crippen MR) is 70.0 cm³/mol. The molecule has 1 aromatic carbocycles. The van der Waals surface area contributed by atoms with Gasteiger partial charge in [0.1, 0.15) is 5.84 Å². The van der Waals surface area contributed by atoms with Crippen LogP contribution in [0.1, 0.15) is 31.9 Å². The Kier molecular flexibility index (Phi) is 2.58. The summed E-state index contributed by atoms with van der Waals surface area (Å²) in [7, 11) is 2.07. The van der Waals surface area contributed by atoms with Crippen molar-refractivity contribution in [2.45, 2.75) is 27.7 Å². The molecule has 2 heteroatoms. The Labute approximate surface area is 97.3 Å². The average molecular weight is 214 g/mol. The molecule has 0 spiro atoms. The maximum absolute atomic E-state index is 4.63. The Morgan fingerprint density at radius 2 is 1.88 bits per heavy atom. The van der Waals surface area contributed by atoms with Crippen molar-refractivity contribution in [1.29, 1.82) is 0 Å². The van der Waals surface area contributed by atoms with Crippen LogP contribution in [-0.4, -0.2) is 17.8 Å². The van der Waals surface area contributed by atoms with Crippen molar-refractivity contribution in [3.63, 3.8) is 0 Å². The number of rotatable bonds is 0. The van der Waals surface area contributed by atoms with Gasteiger partial charge in [0.2, 0.25) is 0 Å². The van der Waals surface area contributed by atoms with Crippen LogP contribution in [0.4, 0.5) is 5.69 Å².